The van der Waals surface area contributed by atoms with Crippen LogP contribution in [0.2, 0.25) is 0 Å². The molecule has 0 aliphatic heterocycles. The lowest BCUT2D eigenvalue weighted by molar-refractivity contribution is 0.0999. The third kappa shape index (κ3) is 3.84. The van der Waals surface area contributed by atoms with Crippen molar-refractivity contribution in [3.63, 3.8) is 0 Å². The first-order valence-electron chi connectivity index (χ1n) is 6.60. The molecule has 2 rings (SSSR count). The van der Waals surface area contributed by atoms with Crippen molar-refractivity contribution in [2.45, 2.75) is 12.6 Å². The van der Waals surface area contributed by atoms with Crippen molar-refractivity contribution in [2.75, 3.05) is 13.7 Å². The Balaban J connectivity index is 1.93. The van der Waals surface area contributed by atoms with Crippen molar-refractivity contribution in [3.8, 4) is 5.75 Å². The first-order valence-corrected chi connectivity index (χ1v) is 6.60. The minimum absolute atomic E-state index is 0.159. The molecule has 0 saturated heterocycles. The first-order chi connectivity index (χ1) is 10.5. The van der Waals surface area contributed by atoms with Gasteiger partial charge in [0.25, 0.3) is 5.91 Å². The Morgan fingerprint density at radius 2 is 2.27 bits per heavy atom. The maximum absolute atomic E-state index is 13.3. The summed E-state index contributed by atoms with van der Waals surface area (Å²) in [6, 6.07) is 5.46. The Hall–Kier alpha value is -2.38. The molecule has 0 aliphatic carbocycles. The molecule has 1 heterocycles. The van der Waals surface area contributed by atoms with Crippen LogP contribution in [-0.4, -0.2) is 24.7 Å². The van der Waals surface area contributed by atoms with E-state index in [9.17, 15) is 14.3 Å². The van der Waals surface area contributed by atoms with Crippen LogP contribution in [0.3, 0.4) is 0 Å². The molecule has 0 bridgehead atoms. The van der Waals surface area contributed by atoms with Crippen molar-refractivity contribution in [3.05, 3.63) is 53.2 Å². The lowest BCUT2D eigenvalue weighted by Crippen LogP contribution is -2.21. The normalized spacial score (nSPS) is 12.1. The average Bonchev–Trinajstić information content (AvgIpc) is 2.96. The number of rotatable bonds is 7. The van der Waals surface area contributed by atoms with Gasteiger partial charge in [-0.1, -0.05) is 0 Å². The van der Waals surface area contributed by atoms with Crippen LogP contribution in [0.1, 0.15) is 27.8 Å². The molecule has 1 aromatic carbocycles. The second-order valence-corrected chi connectivity index (χ2v) is 4.70. The second-order valence-electron chi connectivity index (χ2n) is 4.70. The van der Waals surface area contributed by atoms with Crippen LogP contribution >= 0.6 is 0 Å². The number of aliphatic hydroxyl groups excluding tert-OH is 1. The summed E-state index contributed by atoms with van der Waals surface area (Å²) in [7, 11) is 1.45. The molecule has 0 spiro atoms. The number of furan rings is 1. The van der Waals surface area contributed by atoms with E-state index < -0.39 is 17.8 Å². The van der Waals surface area contributed by atoms with Crippen molar-refractivity contribution in [2.24, 2.45) is 5.73 Å². The van der Waals surface area contributed by atoms with Crippen LogP contribution in [0.4, 0.5) is 4.39 Å². The van der Waals surface area contributed by atoms with Gasteiger partial charge in [0.1, 0.15) is 23.6 Å². The number of aliphatic hydroxyl groups is 1. The Bertz CT molecular complexity index is 657. The van der Waals surface area contributed by atoms with Gasteiger partial charge in [0, 0.05) is 12.1 Å². The van der Waals surface area contributed by atoms with Crippen LogP contribution in [0.25, 0.3) is 0 Å². The van der Waals surface area contributed by atoms with E-state index in [2.05, 4.69) is 5.32 Å². The highest BCUT2D eigenvalue weighted by molar-refractivity contribution is 5.92. The number of hydrogen-bond acceptors (Lipinski definition) is 5. The van der Waals surface area contributed by atoms with E-state index in [-0.39, 0.29) is 12.1 Å². The summed E-state index contributed by atoms with van der Waals surface area (Å²) < 4.78 is 23.5. The van der Waals surface area contributed by atoms with Gasteiger partial charge < -0.3 is 25.3 Å². The Morgan fingerprint density at radius 3 is 2.91 bits per heavy atom. The molecule has 0 saturated carbocycles. The van der Waals surface area contributed by atoms with Gasteiger partial charge in [0.2, 0.25) is 0 Å². The molecule has 1 aromatic heterocycles. The van der Waals surface area contributed by atoms with Gasteiger partial charge in [-0.15, -0.1) is 0 Å². The smallest absolute Gasteiger partial charge is 0.251 e. The van der Waals surface area contributed by atoms with Crippen LogP contribution < -0.4 is 15.8 Å². The molecule has 4 N–H and O–H groups in total. The highest BCUT2D eigenvalue weighted by Gasteiger charge is 2.14. The second kappa shape index (κ2) is 7.06. The minimum atomic E-state index is -0.948. The quantitative estimate of drug-likeness (QED) is 0.717. The van der Waals surface area contributed by atoms with Gasteiger partial charge in [0.05, 0.1) is 25.3 Å². The molecule has 1 amide bonds. The zero-order valence-corrected chi connectivity index (χ0v) is 12.0. The summed E-state index contributed by atoms with van der Waals surface area (Å²) >= 11 is 0. The number of nitrogens with two attached hydrogens (primary N) is 1. The van der Waals surface area contributed by atoms with Crippen molar-refractivity contribution in [1.82, 2.24) is 5.32 Å². The van der Waals surface area contributed by atoms with Gasteiger partial charge >= 0.3 is 0 Å². The zero-order valence-electron chi connectivity index (χ0n) is 12.0. The molecule has 7 heteroatoms. The predicted molar refractivity (Wildman–Crippen MR) is 76.8 cm³/mol. The Kier molecular flexibility index (Phi) is 5.13. The number of halogens is 1. The van der Waals surface area contributed by atoms with Gasteiger partial charge in [-0.3, -0.25) is 4.79 Å². The fourth-order valence-electron chi connectivity index (χ4n) is 2.01. The van der Waals surface area contributed by atoms with Crippen LogP contribution in [0, 0.1) is 5.82 Å². The maximum atomic E-state index is 13.3. The number of carbonyl (C=O) groups is 1. The van der Waals surface area contributed by atoms with E-state index in [1.807, 2.05) is 0 Å². The van der Waals surface area contributed by atoms with E-state index in [1.165, 1.54) is 37.6 Å². The van der Waals surface area contributed by atoms with E-state index in [0.29, 0.717) is 23.6 Å². The average molecular weight is 308 g/mol. The van der Waals surface area contributed by atoms with E-state index in [4.69, 9.17) is 14.9 Å². The number of hydrogen-bond donors (Lipinski definition) is 3. The summed E-state index contributed by atoms with van der Waals surface area (Å²) in [5.41, 5.74) is 5.75. The first kappa shape index (κ1) is 16.0. The van der Waals surface area contributed by atoms with Crippen LogP contribution in [0.5, 0.6) is 5.75 Å². The lowest BCUT2D eigenvalue weighted by Gasteiger charge is -2.15. The molecule has 1 unspecified atom stereocenters. The number of ether oxygens (including phenoxy) is 1. The number of methoxy groups -OCH3 is 1. The van der Waals surface area contributed by atoms with Gasteiger partial charge in [-0.05, 0) is 24.3 Å². The molecule has 2 aromatic rings. The largest absolute Gasteiger partial charge is 0.496 e. The predicted octanol–water partition coefficient (Wildman–Crippen LogP) is 1.35. The molecular weight excluding hydrogens is 291 g/mol. The summed E-state index contributed by atoms with van der Waals surface area (Å²) in [6.45, 7) is 0.453. The number of benzene rings is 1. The highest BCUT2D eigenvalue weighted by Crippen LogP contribution is 2.25. The minimum Gasteiger partial charge on any atom is -0.496 e. The van der Waals surface area contributed by atoms with E-state index in [1.54, 1.807) is 0 Å². The van der Waals surface area contributed by atoms with Crippen molar-refractivity contribution >= 4 is 5.91 Å². The number of carbonyl (C=O) groups excluding carboxylic acids is 1. The SMILES string of the molecule is COc1ccc(F)cc1C(O)CNCc1cc(C(N)=O)co1. The molecule has 1 atom stereocenters. The number of primary amides is 1. The zero-order chi connectivity index (χ0) is 16.1. The lowest BCUT2D eigenvalue weighted by atomic mass is 10.1. The summed E-state index contributed by atoms with van der Waals surface area (Å²) in [4.78, 5) is 10.9. The number of amides is 1. The van der Waals surface area contributed by atoms with Gasteiger partial charge in [-0.25, -0.2) is 4.39 Å². The number of nitrogens with one attached hydrogen (secondary N) is 1. The highest BCUT2D eigenvalue weighted by atomic mass is 19.1. The van der Waals surface area contributed by atoms with Gasteiger partial charge in [-0.2, -0.15) is 0 Å². The third-order valence-corrected chi connectivity index (χ3v) is 3.13. The maximum Gasteiger partial charge on any atom is 0.251 e. The molecule has 0 fully saturated rings. The van der Waals surface area contributed by atoms with Crippen LogP contribution in [-0.2, 0) is 6.54 Å². The molecule has 6 nitrogen and oxygen atoms in total. The van der Waals surface area contributed by atoms with E-state index >= 15 is 0 Å². The molecule has 22 heavy (non-hydrogen) atoms. The molecule has 0 aliphatic rings. The van der Waals surface area contributed by atoms with E-state index in [0.717, 1.165) is 0 Å². The third-order valence-electron chi connectivity index (χ3n) is 3.13. The standard InChI is InChI=1S/C15H17FN2O4/c1-21-14-3-2-10(16)5-12(14)13(19)7-18-6-11-4-9(8-22-11)15(17)20/h2-5,8,13,18-19H,6-7H2,1H3,(H2,17,20). The summed E-state index contributed by atoms with van der Waals surface area (Å²) in [6.07, 6.45) is 0.321. The van der Waals surface area contributed by atoms with Crippen LogP contribution in [0.15, 0.2) is 34.9 Å². The monoisotopic (exact) mass is 308 g/mol. The molecule has 118 valence electrons. The Morgan fingerprint density at radius 1 is 1.50 bits per heavy atom. The fourth-order valence-corrected chi connectivity index (χ4v) is 2.01. The fraction of sp³-hybridized carbons (Fsp3) is 0.267. The molecular formula is C15H17FN2O4. The van der Waals surface area contributed by atoms with Gasteiger partial charge in [0.15, 0.2) is 0 Å². The van der Waals surface area contributed by atoms with Crippen molar-refractivity contribution in [1.29, 1.82) is 0 Å². The Labute approximate surface area is 126 Å². The van der Waals surface area contributed by atoms with Crippen molar-refractivity contribution < 1.29 is 23.4 Å². The molecule has 0 radical (unpaired) electrons. The summed E-state index contributed by atoms with van der Waals surface area (Å²) in [5.74, 6) is -0.108. The topological polar surface area (TPSA) is 97.7 Å². The summed E-state index contributed by atoms with van der Waals surface area (Å²) in [5, 5.41) is 13.1.